The van der Waals surface area contributed by atoms with E-state index in [1.807, 2.05) is 0 Å². The van der Waals surface area contributed by atoms with Crippen LogP contribution in [0.25, 0.3) is 6.08 Å². The molecule has 1 heterocycles. The molecule has 2 aromatic rings. The van der Waals surface area contributed by atoms with Gasteiger partial charge >= 0.3 is 11.0 Å². The van der Waals surface area contributed by atoms with E-state index in [0.717, 1.165) is 11.3 Å². The summed E-state index contributed by atoms with van der Waals surface area (Å²) in [4.78, 5) is 34.1. The lowest BCUT2D eigenvalue weighted by Gasteiger charge is -2.04. The number of rotatable bonds is 6. The molecule has 2 rings (SSSR count). The molecule has 0 radical (unpaired) electrons. The van der Waals surface area contributed by atoms with Crippen LogP contribution >= 0.6 is 11.3 Å². The van der Waals surface area contributed by atoms with Crippen LogP contribution in [0.2, 0.25) is 0 Å². The summed E-state index contributed by atoms with van der Waals surface area (Å²) in [5, 5.41) is 13.2. The van der Waals surface area contributed by atoms with Crippen LogP contribution in [0.1, 0.15) is 22.2 Å². The van der Waals surface area contributed by atoms with Crippen molar-refractivity contribution < 1.29 is 19.2 Å². The highest BCUT2D eigenvalue weighted by atomic mass is 32.1. The fourth-order valence-corrected chi connectivity index (χ4v) is 2.50. The Kier molecular flexibility index (Phi) is 5.80. The van der Waals surface area contributed by atoms with Gasteiger partial charge in [-0.1, -0.05) is 11.3 Å². The van der Waals surface area contributed by atoms with Gasteiger partial charge in [0.15, 0.2) is 0 Å². The van der Waals surface area contributed by atoms with Crippen LogP contribution in [-0.2, 0) is 9.53 Å². The SMILES string of the molecule is CCOC(=O)c1ccc(NC(=O)C=Cc2ccc([N+](=O)[O-])s2)cc1. The predicted molar refractivity (Wildman–Crippen MR) is 91.0 cm³/mol. The average Bonchev–Trinajstić information content (AvgIpc) is 3.03. The summed E-state index contributed by atoms with van der Waals surface area (Å²) in [6, 6.07) is 9.25. The van der Waals surface area contributed by atoms with Crippen molar-refractivity contribution in [2.75, 3.05) is 11.9 Å². The number of hydrogen-bond donors (Lipinski definition) is 1. The van der Waals surface area contributed by atoms with E-state index in [1.165, 1.54) is 18.2 Å². The van der Waals surface area contributed by atoms with Gasteiger partial charge in [0.2, 0.25) is 5.91 Å². The normalized spacial score (nSPS) is 10.5. The molecule has 8 heteroatoms. The second kappa shape index (κ2) is 8.02. The Hall–Kier alpha value is -3.00. The van der Waals surface area contributed by atoms with Crippen molar-refractivity contribution in [2.45, 2.75) is 6.92 Å². The first-order valence-electron chi connectivity index (χ1n) is 7.00. The van der Waals surface area contributed by atoms with E-state index in [-0.39, 0.29) is 10.9 Å². The largest absolute Gasteiger partial charge is 0.462 e. The Balaban J connectivity index is 1.95. The maximum Gasteiger partial charge on any atom is 0.338 e. The predicted octanol–water partition coefficient (Wildman–Crippen LogP) is 3.48. The third-order valence-electron chi connectivity index (χ3n) is 2.86. The zero-order valence-corrected chi connectivity index (χ0v) is 13.5. The summed E-state index contributed by atoms with van der Waals surface area (Å²) in [7, 11) is 0. The molecular formula is C16H14N2O5S. The number of ether oxygens (including phenoxy) is 1. The smallest absolute Gasteiger partial charge is 0.338 e. The minimum atomic E-state index is -0.479. The molecule has 0 aliphatic carbocycles. The second-order valence-electron chi connectivity index (χ2n) is 4.55. The van der Waals surface area contributed by atoms with Gasteiger partial charge in [0.1, 0.15) is 0 Å². The van der Waals surface area contributed by atoms with Gasteiger partial charge in [-0.05, 0) is 43.3 Å². The average molecular weight is 346 g/mol. The monoisotopic (exact) mass is 346 g/mol. The van der Waals surface area contributed by atoms with Gasteiger partial charge < -0.3 is 10.1 Å². The number of esters is 1. The lowest BCUT2D eigenvalue weighted by atomic mass is 10.2. The Morgan fingerprint density at radius 2 is 1.96 bits per heavy atom. The fourth-order valence-electron chi connectivity index (χ4n) is 1.78. The molecular weight excluding hydrogens is 332 g/mol. The quantitative estimate of drug-likeness (QED) is 0.374. The number of amides is 1. The molecule has 1 amide bonds. The zero-order chi connectivity index (χ0) is 17.5. The van der Waals surface area contributed by atoms with E-state index in [2.05, 4.69) is 5.32 Å². The van der Waals surface area contributed by atoms with E-state index in [1.54, 1.807) is 37.3 Å². The minimum absolute atomic E-state index is 0.0182. The van der Waals surface area contributed by atoms with Crippen LogP contribution in [0.15, 0.2) is 42.5 Å². The van der Waals surface area contributed by atoms with Crippen molar-refractivity contribution in [3.63, 3.8) is 0 Å². The summed E-state index contributed by atoms with van der Waals surface area (Å²) >= 11 is 0.982. The zero-order valence-electron chi connectivity index (χ0n) is 12.7. The highest BCUT2D eigenvalue weighted by Crippen LogP contribution is 2.24. The van der Waals surface area contributed by atoms with Crippen LogP contribution in [0.3, 0.4) is 0 Å². The molecule has 124 valence electrons. The molecule has 0 bridgehead atoms. The number of thiophene rings is 1. The van der Waals surface area contributed by atoms with Gasteiger partial charge in [-0.2, -0.15) is 0 Å². The summed E-state index contributed by atoms with van der Waals surface area (Å²) < 4.78 is 4.87. The number of anilines is 1. The van der Waals surface area contributed by atoms with Crippen LogP contribution < -0.4 is 5.32 Å². The molecule has 0 unspecified atom stereocenters. The summed E-state index contributed by atoms with van der Waals surface area (Å²) in [6.07, 6.45) is 2.79. The summed E-state index contributed by atoms with van der Waals surface area (Å²) in [5.41, 5.74) is 0.922. The maximum atomic E-state index is 11.8. The van der Waals surface area contributed by atoms with E-state index in [0.29, 0.717) is 22.7 Å². The molecule has 0 spiro atoms. The summed E-state index contributed by atoms with van der Waals surface area (Å²) in [5.74, 6) is -0.801. The van der Waals surface area contributed by atoms with Crippen molar-refractivity contribution in [1.29, 1.82) is 0 Å². The standard InChI is InChI=1S/C16H14N2O5S/c1-2-23-16(20)11-3-5-12(6-4-11)17-14(19)9-7-13-8-10-15(24-13)18(21)22/h3-10H,2H2,1H3,(H,17,19). The van der Waals surface area contributed by atoms with Gasteiger partial charge in [0, 0.05) is 22.7 Å². The van der Waals surface area contributed by atoms with Crippen molar-refractivity contribution in [1.82, 2.24) is 0 Å². The molecule has 0 fully saturated rings. The highest BCUT2D eigenvalue weighted by Gasteiger charge is 2.08. The Labute approximate surface area is 141 Å². The molecule has 1 N–H and O–H groups in total. The first-order valence-corrected chi connectivity index (χ1v) is 7.81. The second-order valence-corrected chi connectivity index (χ2v) is 5.65. The van der Waals surface area contributed by atoms with Gasteiger partial charge in [0.05, 0.1) is 17.1 Å². The molecule has 0 saturated heterocycles. The highest BCUT2D eigenvalue weighted by molar-refractivity contribution is 7.16. The van der Waals surface area contributed by atoms with E-state index in [9.17, 15) is 19.7 Å². The third kappa shape index (κ3) is 4.75. The Morgan fingerprint density at radius 1 is 1.25 bits per heavy atom. The fraction of sp³-hybridized carbons (Fsp3) is 0.125. The number of carbonyl (C=O) groups excluding carboxylic acids is 2. The first kappa shape index (κ1) is 17.4. The van der Waals surface area contributed by atoms with Crippen molar-refractivity contribution in [3.8, 4) is 0 Å². The van der Waals surface area contributed by atoms with Gasteiger partial charge in [-0.25, -0.2) is 4.79 Å². The molecule has 1 aromatic heterocycles. The van der Waals surface area contributed by atoms with Crippen LogP contribution in [0.4, 0.5) is 10.7 Å². The lowest BCUT2D eigenvalue weighted by Crippen LogP contribution is -2.08. The molecule has 0 atom stereocenters. The number of carbonyl (C=O) groups is 2. The topological polar surface area (TPSA) is 98.5 Å². The number of nitrogens with one attached hydrogen (secondary N) is 1. The van der Waals surface area contributed by atoms with E-state index >= 15 is 0 Å². The Bertz CT molecular complexity index is 780. The number of benzene rings is 1. The van der Waals surface area contributed by atoms with Crippen LogP contribution in [-0.4, -0.2) is 23.4 Å². The van der Waals surface area contributed by atoms with Crippen LogP contribution in [0, 0.1) is 10.1 Å². The first-order chi connectivity index (χ1) is 11.5. The van der Waals surface area contributed by atoms with Gasteiger partial charge in [-0.15, -0.1) is 0 Å². The molecule has 24 heavy (non-hydrogen) atoms. The third-order valence-corrected chi connectivity index (χ3v) is 3.86. The number of nitro groups is 1. The van der Waals surface area contributed by atoms with E-state index < -0.39 is 10.9 Å². The Morgan fingerprint density at radius 3 is 2.54 bits per heavy atom. The lowest BCUT2D eigenvalue weighted by molar-refractivity contribution is -0.380. The molecule has 0 aliphatic heterocycles. The molecule has 0 saturated carbocycles. The minimum Gasteiger partial charge on any atom is -0.462 e. The maximum absolute atomic E-state index is 11.8. The van der Waals surface area contributed by atoms with E-state index in [4.69, 9.17) is 4.74 Å². The van der Waals surface area contributed by atoms with Crippen molar-refractivity contribution in [2.24, 2.45) is 0 Å². The van der Waals surface area contributed by atoms with Crippen molar-refractivity contribution >= 4 is 40.0 Å². The van der Waals surface area contributed by atoms with Gasteiger partial charge in [-0.3, -0.25) is 14.9 Å². The van der Waals surface area contributed by atoms with Crippen LogP contribution in [0.5, 0.6) is 0 Å². The number of hydrogen-bond acceptors (Lipinski definition) is 6. The van der Waals surface area contributed by atoms with Crippen molar-refractivity contribution in [3.05, 3.63) is 63.0 Å². The van der Waals surface area contributed by atoms with Gasteiger partial charge in [0.25, 0.3) is 0 Å². The number of nitrogens with zero attached hydrogens (tertiary/aromatic N) is 1. The summed E-state index contributed by atoms with van der Waals surface area (Å²) in [6.45, 7) is 2.02. The molecule has 7 nitrogen and oxygen atoms in total. The molecule has 0 aliphatic rings. The molecule has 1 aromatic carbocycles.